The van der Waals surface area contributed by atoms with Crippen LogP contribution in [-0.4, -0.2) is 58.8 Å². The number of nitrogens with zero attached hydrogens (tertiary/aromatic N) is 3. The highest BCUT2D eigenvalue weighted by atomic mass is 35.5. The highest BCUT2D eigenvalue weighted by molar-refractivity contribution is 6.42. The maximum atomic E-state index is 13.3. The van der Waals surface area contributed by atoms with E-state index in [2.05, 4.69) is 16.8 Å². The molecule has 2 aliphatic heterocycles. The minimum Gasteiger partial charge on any atom is -0.369 e. The van der Waals surface area contributed by atoms with Gasteiger partial charge >= 0.3 is 0 Å². The van der Waals surface area contributed by atoms with Gasteiger partial charge < -0.3 is 10.6 Å². The number of carbonyl (C=O) groups is 2. The van der Waals surface area contributed by atoms with Crippen LogP contribution < -0.4 is 5.73 Å². The lowest BCUT2D eigenvalue weighted by Gasteiger charge is -2.49. The van der Waals surface area contributed by atoms with Crippen molar-refractivity contribution in [3.63, 3.8) is 0 Å². The zero-order chi connectivity index (χ0) is 26.9. The summed E-state index contributed by atoms with van der Waals surface area (Å²) in [4.78, 5) is 34.9. The average molecular weight is 552 g/mol. The van der Waals surface area contributed by atoms with E-state index in [-0.39, 0.29) is 23.8 Å². The Morgan fingerprint density at radius 2 is 1.76 bits per heavy atom. The van der Waals surface area contributed by atoms with Crippen LogP contribution in [0.5, 0.6) is 0 Å². The molecule has 3 aromatic rings. The lowest BCUT2D eigenvalue weighted by Crippen LogP contribution is -2.57. The van der Waals surface area contributed by atoms with E-state index in [1.165, 1.54) is 0 Å². The molecule has 0 radical (unpaired) electrons. The van der Waals surface area contributed by atoms with Crippen molar-refractivity contribution in [1.29, 1.82) is 0 Å². The molecule has 2 N–H and O–H groups in total. The summed E-state index contributed by atoms with van der Waals surface area (Å²) in [5.74, 6) is -0.250. The number of halogens is 2. The fourth-order valence-corrected chi connectivity index (χ4v) is 6.60. The Balaban J connectivity index is 1.42. The number of aromatic nitrogens is 1. The SMILES string of the molecule is CC(C1CCN(C(=O)c2ccccn2)C1)N1CCC(C(N)=O)(c2ccccc2)C(c2ccc(Cl)c(Cl)c2)C1. The van der Waals surface area contributed by atoms with E-state index in [1.54, 1.807) is 18.3 Å². The van der Waals surface area contributed by atoms with E-state index >= 15 is 0 Å². The molecular weight excluding hydrogens is 519 g/mol. The topological polar surface area (TPSA) is 79.5 Å². The van der Waals surface area contributed by atoms with E-state index in [9.17, 15) is 9.59 Å². The number of primary amides is 1. The summed E-state index contributed by atoms with van der Waals surface area (Å²) >= 11 is 12.7. The molecule has 38 heavy (non-hydrogen) atoms. The first kappa shape index (κ1) is 26.7. The molecule has 0 saturated carbocycles. The number of piperidine rings is 1. The Kier molecular flexibility index (Phi) is 7.75. The molecule has 2 fully saturated rings. The van der Waals surface area contributed by atoms with Gasteiger partial charge in [-0.15, -0.1) is 0 Å². The van der Waals surface area contributed by atoms with Crippen LogP contribution in [0.25, 0.3) is 0 Å². The van der Waals surface area contributed by atoms with Gasteiger partial charge in [-0.25, -0.2) is 0 Å². The lowest BCUT2D eigenvalue weighted by molar-refractivity contribution is -0.126. The standard InChI is InChI=1S/C30H32Cl2N4O2/c1-20(22-12-15-36(18-22)28(37)27-9-5-6-14-34-27)35-16-13-30(29(33)38,23-7-3-2-4-8-23)24(19-35)21-10-11-25(31)26(32)17-21/h2-11,14,17,20,22,24H,12-13,15-16,18-19H2,1H3,(H2,33,38). The Hall–Kier alpha value is -2.93. The molecule has 0 spiro atoms. The van der Waals surface area contributed by atoms with E-state index in [4.69, 9.17) is 28.9 Å². The van der Waals surface area contributed by atoms with Gasteiger partial charge in [0.25, 0.3) is 5.91 Å². The first-order valence-electron chi connectivity index (χ1n) is 13.1. The van der Waals surface area contributed by atoms with Crippen LogP contribution in [0.3, 0.4) is 0 Å². The molecule has 4 atom stereocenters. The Bertz CT molecular complexity index is 1310. The minimum atomic E-state index is -0.870. The number of hydrogen-bond acceptors (Lipinski definition) is 4. The highest BCUT2D eigenvalue weighted by Gasteiger charge is 2.51. The molecule has 0 aliphatic carbocycles. The van der Waals surface area contributed by atoms with E-state index in [0.717, 1.165) is 24.1 Å². The van der Waals surface area contributed by atoms with E-state index < -0.39 is 5.41 Å². The third-order valence-electron chi connectivity index (χ3n) is 8.53. The highest BCUT2D eigenvalue weighted by Crippen LogP contribution is 2.47. The average Bonchev–Trinajstić information content (AvgIpc) is 3.44. The summed E-state index contributed by atoms with van der Waals surface area (Å²) in [5.41, 5.74) is 7.69. The fraction of sp³-hybridized carbons (Fsp3) is 0.367. The van der Waals surface area contributed by atoms with Gasteiger partial charge in [-0.1, -0.05) is 65.7 Å². The summed E-state index contributed by atoms with van der Waals surface area (Å²) < 4.78 is 0. The number of pyridine rings is 1. The second-order valence-corrected chi connectivity index (χ2v) is 11.2. The Labute approximate surface area is 233 Å². The van der Waals surface area contributed by atoms with Gasteiger partial charge in [0, 0.05) is 37.8 Å². The van der Waals surface area contributed by atoms with Crippen LogP contribution >= 0.6 is 23.2 Å². The molecule has 1 aromatic heterocycles. The van der Waals surface area contributed by atoms with Gasteiger partial charge in [-0.05, 0) is 67.6 Å². The maximum absolute atomic E-state index is 13.3. The van der Waals surface area contributed by atoms with Gasteiger partial charge in [-0.2, -0.15) is 0 Å². The van der Waals surface area contributed by atoms with Crippen LogP contribution in [0, 0.1) is 5.92 Å². The van der Waals surface area contributed by atoms with Gasteiger partial charge in [0.05, 0.1) is 15.5 Å². The van der Waals surface area contributed by atoms with Crippen molar-refractivity contribution in [1.82, 2.24) is 14.8 Å². The van der Waals surface area contributed by atoms with Crippen LogP contribution in [0.2, 0.25) is 10.0 Å². The van der Waals surface area contributed by atoms with Gasteiger partial charge in [0.15, 0.2) is 0 Å². The molecule has 2 aliphatic rings. The van der Waals surface area contributed by atoms with Crippen molar-refractivity contribution in [2.24, 2.45) is 11.7 Å². The third-order valence-corrected chi connectivity index (χ3v) is 9.27. The monoisotopic (exact) mass is 550 g/mol. The summed E-state index contributed by atoms with van der Waals surface area (Å²) in [6, 6.07) is 21.1. The summed E-state index contributed by atoms with van der Waals surface area (Å²) in [6.45, 7) is 4.99. The molecule has 6 nitrogen and oxygen atoms in total. The van der Waals surface area contributed by atoms with Crippen LogP contribution in [-0.2, 0) is 10.2 Å². The van der Waals surface area contributed by atoms with Crippen molar-refractivity contribution >= 4 is 35.0 Å². The molecule has 2 aromatic carbocycles. The van der Waals surface area contributed by atoms with Crippen LogP contribution in [0.15, 0.2) is 72.9 Å². The quantitative estimate of drug-likeness (QED) is 0.460. The van der Waals surface area contributed by atoms with E-state index in [1.807, 2.05) is 59.5 Å². The number of nitrogens with two attached hydrogens (primary N) is 1. The maximum Gasteiger partial charge on any atom is 0.272 e. The minimum absolute atomic E-state index is 0.0237. The summed E-state index contributed by atoms with van der Waals surface area (Å²) in [5, 5.41) is 0.935. The number of hydrogen-bond donors (Lipinski definition) is 1. The second-order valence-electron chi connectivity index (χ2n) is 10.4. The van der Waals surface area contributed by atoms with Gasteiger partial charge in [-0.3, -0.25) is 19.5 Å². The fourth-order valence-electron chi connectivity index (χ4n) is 6.30. The molecular formula is C30H32Cl2N4O2. The first-order chi connectivity index (χ1) is 18.3. The molecule has 8 heteroatoms. The van der Waals surface area contributed by atoms with Crippen molar-refractivity contribution in [2.45, 2.75) is 37.1 Å². The van der Waals surface area contributed by atoms with Crippen molar-refractivity contribution in [3.8, 4) is 0 Å². The van der Waals surface area contributed by atoms with Crippen molar-refractivity contribution in [3.05, 3.63) is 99.8 Å². The Morgan fingerprint density at radius 1 is 1.00 bits per heavy atom. The first-order valence-corrected chi connectivity index (χ1v) is 13.8. The van der Waals surface area contributed by atoms with Crippen LogP contribution in [0.1, 0.15) is 47.3 Å². The van der Waals surface area contributed by atoms with Crippen molar-refractivity contribution in [2.75, 3.05) is 26.2 Å². The Morgan fingerprint density at radius 3 is 2.45 bits per heavy atom. The summed E-state index contributed by atoms with van der Waals surface area (Å²) in [7, 11) is 0. The zero-order valence-corrected chi connectivity index (χ0v) is 22.9. The number of carbonyl (C=O) groups excluding carboxylic acids is 2. The second kappa shape index (κ2) is 11.0. The predicted molar refractivity (Wildman–Crippen MR) is 150 cm³/mol. The number of amides is 2. The molecule has 4 unspecified atom stereocenters. The lowest BCUT2D eigenvalue weighted by atomic mass is 9.62. The molecule has 5 rings (SSSR count). The van der Waals surface area contributed by atoms with Crippen LogP contribution in [0.4, 0.5) is 0 Å². The van der Waals surface area contributed by atoms with Gasteiger partial charge in [0.1, 0.15) is 5.69 Å². The molecule has 198 valence electrons. The number of benzene rings is 2. The number of likely N-dealkylation sites (tertiary alicyclic amines) is 2. The third kappa shape index (κ3) is 4.93. The molecule has 0 bridgehead atoms. The van der Waals surface area contributed by atoms with E-state index in [0.29, 0.717) is 47.7 Å². The summed E-state index contributed by atoms with van der Waals surface area (Å²) in [6.07, 6.45) is 3.16. The zero-order valence-electron chi connectivity index (χ0n) is 21.4. The largest absolute Gasteiger partial charge is 0.369 e. The molecule has 2 amide bonds. The normalized spacial score (nSPS) is 24.8. The molecule has 3 heterocycles. The molecule has 2 saturated heterocycles. The predicted octanol–water partition coefficient (Wildman–Crippen LogP) is 5.15. The van der Waals surface area contributed by atoms with Crippen molar-refractivity contribution < 1.29 is 9.59 Å². The smallest absolute Gasteiger partial charge is 0.272 e. The number of rotatable bonds is 6. The van der Waals surface area contributed by atoms with Gasteiger partial charge in [0.2, 0.25) is 5.91 Å².